The number of fused-ring (bicyclic) bond motifs is 1. The minimum Gasteiger partial charge on any atom is -0.354 e. The van der Waals surface area contributed by atoms with E-state index >= 15 is 0 Å². The number of carbonyl (C=O) groups is 1. The molecule has 1 amide bonds. The number of aromatic nitrogens is 2. The van der Waals surface area contributed by atoms with Crippen LogP contribution in [0.25, 0.3) is 0 Å². The molecule has 0 aliphatic carbocycles. The molecule has 0 saturated carbocycles. The third-order valence-electron chi connectivity index (χ3n) is 6.60. The van der Waals surface area contributed by atoms with Crippen molar-refractivity contribution in [1.29, 1.82) is 0 Å². The first kappa shape index (κ1) is 20.2. The van der Waals surface area contributed by atoms with Crippen LogP contribution in [0.3, 0.4) is 0 Å². The van der Waals surface area contributed by atoms with Crippen LogP contribution in [-0.2, 0) is 13.0 Å². The Morgan fingerprint density at radius 1 is 0.903 bits per heavy atom. The lowest BCUT2D eigenvalue weighted by Crippen LogP contribution is -2.46. The van der Waals surface area contributed by atoms with Crippen LogP contribution in [0.1, 0.15) is 34.5 Å². The molecule has 0 N–H and O–H groups in total. The van der Waals surface area contributed by atoms with Gasteiger partial charge in [-0.15, -0.1) is 0 Å². The average molecular weight is 425 g/mol. The maximum absolute atomic E-state index is 13.3. The van der Waals surface area contributed by atoms with Crippen molar-refractivity contribution in [3.05, 3.63) is 46.9 Å². The number of likely N-dealkylation sites (N-methyl/N-ethyl adjacent to an activating group) is 1. The Balaban J connectivity index is 1.46. The van der Waals surface area contributed by atoms with E-state index in [1.54, 1.807) is 12.1 Å². The molecule has 0 bridgehead atoms. The average Bonchev–Trinajstić information content (AvgIpc) is 3.34. The summed E-state index contributed by atoms with van der Waals surface area (Å²) < 4.78 is 13.3. The van der Waals surface area contributed by atoms with Gasteiger partial charge in [-0.3, -0.25) is 4.79 Å². The van der Waals surface area contributed by atoms with E-state index in [4.69, 9.17) is 9.97 Å². The van der Waals surface area contributed by atoms with Gasteiger partial charge in [0.05, 0.1) is 12.2 Å². The third-order valence-corrected chi connectivity index (χ3v) is 6.60. The van der Waals surface area contributed by atoms with Crippen LogP contribution in [0.4, 0.5) is 16.2 Å². The highest BCUT2D eigenvalue weighted by Crippen LogP contribution is 2.31. The molecule has 4 heterocycles. The number of rotatable bonds is 3. The molecule has 8 heteroatoms. The molecule has 2 fully saturated rings. The van der Waals surface area contributed by atoms with Crippen molar-refractivity contribution in [3.8, 4) is 0 Å². The van der Waals surface area contributed by atoms with Gasteiger partial charge < -0.3 is 19.6 Å². The molecule has 1 aromatic carbocycles. The van der Waals surface area contributed by atoms with Crippen molar-refractivity contribution in [1.82, 2.24) is 19.8 Å². The Hall–Kier alpha value is -2.74. The minimum atomic E-state index is -0.333. The van der Waals surface area contributed by atoms with Gasteiger partial charge in [-0.2, -0.15) is 4.98 Å². The normalized spacial score (nSPS) is 19.6. The van der Waals surface area contributed by atoms with Crippen molar-refractivity contribution in [2.45, 2.75) is 25.8 Å². The fraction of sp³-hybridized carbons (Fsp3) is 0.522. The summed E-state index contributed by atoms with van der Waals surface area (Å²) in [6.45, 7) is 6.96. The van der Waals surface area contributed by atoms with Crippen LogP contribution in [0.15, 0.2) is 24.3 Å². The summed E-state index contributed by atoms with van der Waals surface area (Å²) in [5.41, 5.74) is 2.64. The monoisotopic (exact) mass is 424 g/mol. The summed E-state index contributed by atoms with van der Waals surface area (Å²) in [4.78, 5) is 31.8. The summed E-state index contributed by atoms with van der Waals surface area (Å²) >= 11 is 0. The van der Waals surface area contributed by atoms with Gasteiger partial charge in [0.1, 0.15) is 11.6 Å². The number of amides is 1. The van der Waals surface area contributed by atoms with Crippen molar-refractivity contribution in [2.24, 2.45) is 0 Å². The lowest BCUT2D eigenvalue weighted by Gasteiger charge is -2.37. The molecule has 5 rings (SSSR count). The highest BCUT2D eigenvalue weighted by atomic mass is 19.1. The molecule has 3 aliphatic rings. The SMILES string of the molecule is CN1CCN(c2nc(N3CCCC3)nc3c2CN(C(=O)c2ccc(F)cc2)CC3)CC1. The maximum atomic E-state index is 13.3. The molecule has 7 nitrogen and oxygen atoms in total. The minimum absolute atomic E-state index is 0.0707. The molecule has 0 atom stereocenters. The largest absolute Gasteiger partial charge is 0.354 e. The number of nitrogens with zero attached hydrogens (tertiary/aromatic N) is 6. The first-order valence-corrected chi connectivity index (χ1v) is 11.2. The van der Waals surface area contributed by atoms with Crippen molar-refractivity contribution in [3.63, 3.8) is 0 Å². The van der Waals surface area contributed by atoms with Gasteiger partial charge in [0, 0.05) is 63.4 Å². The first-order chi connectivity index (χ1) is 15.1. The molecule has 31 heavy (non-hydrogen) atoms. The Morgan fingerprint density at radius 2 is 1.61 bits per heavy atom. The Labute approximate surface area is 182 Å². The topological polar surface area (TPSA) is 55.8 Å². The van der Waals surface area contributed by atoms with Crippen LogP contribution in [0, 0.1) is 5.82 Å². The van der Waals surface area contributed by atoms with E-state index < -0.39 is 0 Å². The van der Waals surface area contributed by atoms with Gasteiger partial charge in [0.2, 0.25) is 5.95 Å². The third kappa shape index (κ3) is 4.08. The van der Waals surface area contributed by atoms with Gasteiger partial charge in [0.25, 0.3) is 5.91 Å². The maximum Gasteiger partial charge on any atom is 0.254 e. The number of anilines is 2. The first-order valence-electron chi connectivity index (χ1n) is 11.2. The molecule has 2 aromatic rings. The van der Waals surface area contributed by atoms with Crippen LogP contribution >= 0.6 is 0 Å². The van der Waals surface area contributed by atoms with E-state index in [1.165, 1.54) is 25.0 Å². The van der Waals surface area contributed by atoms with Gasteiger partial charge in [-0.05, 0) is 44.2 Å². The predicted molar refractivity (Wildman–Crippen MR) is 118 cm³/mol. The molecular formula is C23H29FN6O. The van der Waals surface area contributed by atoms with Crippen LogP contribution < -0.4 is 9.80 Å². The molecule has 2 saturated heterocycles. The fourth-order valence-corrected chi connectivity index (χ4v) is 4.67. The van der Waals surface area contributed by atoms with Crippen LogP contribution in [0.2, 0.25) is 0 Å². The Kier molecular flexibility index (Phi) is 5.48. The van der Waals surface area contributed by atoms with Crippen LogP contribution in [-0.4, -0.2) is 78.5 Å². The number of hydrogen-bond acceptors (Lipinski definition) is 6. The van der Waals surface area contributed by atoms with Gasteiger partial charge >= 0.3 is 0 Å². The lowest BCUT2D eigenvalue weighted by molar-refractivity contribution is 0.0733. The smallest absolute Gasteiger partial charge is 0.254 e. The summed E-state index contributed by atoms with van der Waals surface area (Å²) in [5.74, 6) is 1.42. The Bertz CT molecular complexity index is 951. The summed E-state index contributed by atoms with van der Waals surface area (Å²) in [7, 11) is 2.14. The second-order valence-electron chi connectivity index (χ2n) is 8.74. The number of benzene rings is 1. The van der Waals surface area contributed by atoms with Gasteiger partial charge in [0.15, 0.2) is 0 Å². The van der Waals surface area contributed by atoms with E-state index in [2.05, 4.69) is 21.7 Å². The molecule has 0 radical (unpaired) electrons. The standard InChI is InChI=1S/C23H29FN6O/c1-27-12-14-28(15-13-27)21-19-16-30(22(31)17-4-6-18(24)7-5-17)11-8-20(19)25-23(26-21)29-9-2-3-10-29/h4-7H,2-3,8-16H2,1H3. The Morgan fingerprint density at radius 3 is 2.32 bits per heavy atom. The summed E-state index contributed by atoms with van der Waals surface area (Å²) in [6, 6.07) is 5.79. The predicted octanol–water partition coefficient (Wildman–Crippen LogP) is 2.17. The van der Waals surface area contributed by atoms with Gasteiger partial charge in [-0.1, -0.05) is 0 Å². The molecule has 1 aromatic heterocycles. The van der Waals surface area contributed by atoms with E-state index in [0.717, 1.165) is 62.3 Å². The number of carbonyl (C=O) groups excluding carboxylic acids is 1. The van der Waals surface area contributed by atoms with E-state index in [1.807, 2.05) is 4.90 Å². The van der Waals surface area contributed by atoms with Gasteiger partial charge in [-0.25, -0.2) is 9.37 Å². The zero-order chi connectivity index (χ0) is 21.4. The molecule has 0 unspecified atom stereocenters. The molecule has 0 spiro atoms. The molecule has 164 valence electrons. The number of piperazine rings is 1. The number of halogens is 1. The number of hydrogen-bond donors (Lipinski definition) is 0. The van der Waals surface area contributed by atoms with Crippen molar-refractivity contribution in [2.75, 3.05) is 62.7 Å². The fourth-order valence-electron chi connectivity index (χ4n) is 4.67. The summed E-state index contributed by atoms with van der Waals surface area (Å²) in [5, 5.41) is 0. The quantitative estimate of drug-likeness (QED) is 0.753. The second-order valence-corrected chi connectivity index (χ2v) is 8.74. The van der Waals surface area contributed by atoms with E-state index in [0.29, 0.717) is 25.1 Å². The van der Waals surface area contributed by atoms with E-state index in [9.17, 15) is 9.18 Å². The molecular weight excluding hydrogens is 395 g/mol. The van der Waals surface area contributed by atoms with Crippen molar-refractivity contribution < 1.29 is 9.18 Å². The zero-order valence-electron chi connectivity index (χ0n) is 18.1. The van der Waals surface area contributed by atoms with Crippen molar-refractivity contribution >= 4 is 17.7 Å². The molecule has 3 aliphatic heterocycles. The van der Waals surface area contributed by atoms with E-state index in [-0.39, 0.29) is 11.7 Å². The lowest BCUT2D eigenvalue weighted by atomic mass is 10.0. The zero-order valence-corrected chi connectivity index (χ0v) is 18.1. The van der Waals surface area contributed by atoms with Crippen LogP contribution in [0.5, 0.6) is 0 Å². The highest BCUT2D eigenvalue weighted by molar-refractivity contribution is 5.94. The summed E-state index contributed by atoms with van der Waals surface area (Å²) in [6.07, 6.45) is 3.08. The second kappa shape index (κ2) is 8.42. The highest BCUT2D eigenvalue weighted by Gasteiger charge is 2.30.